The van der Waals surface area contributed by atoms with Crippen LogP contribution in [0.25, 0.3) is 0 Å². The number of carbonyl (C=O) groups excluding carboxylic acids is 2. The summed E-state index contributed by atoms with van der Waals surface area (Å²) in [5, 5.41) is 9.52. The molecule has 2 aromatic carbocycles. The molecule has 2 heterocycles. The number of carbonyl (C=O) groups is 3. The molecule has 1 spiro atoms. The molecular formula is C27H31ClFN3O4. The maximum atomic E-state index is 13.8. The molecule has 4 rings (SSSR count). The van der Waals surface area contributed by atoms with Crippen LogP contribution in [0.3, 0.4) is 0 Å². The molecule has 0 radical (unpaired) electrons. The molecule has 0 aliphatic carbocycles. The fraction of sp³-hybridized carbons (Fsp3) is 0.444. The van der Waals surface area contributed by atoms with E-state index in [0.29, 0.717) is 36.9 Å². The summed E-state index contributed by atoms with van der Waals surface area (Å²) in [6.45, 7) is 5.72. The third-order valence-corrected chi connectivity index (χ3v) is 7.22. The molecule has 9 heteroatoms. The van der Waals surface area contributed by atoms with Gasteiger partial charge in [0.1, 0.15) is 5.82 Å². The summed E-state index contributed by atoms with van der Waals surface area (Å²) in [5.74, 6) is -1.46. The molecule has 1 N–H and O–H groups in total. The van der Waals surface area contributed by atoms with Gasteiger partial charge < -0.3 is 14.9 Å². The summed E-state index contributed by atoms with van der Waals surface area (Å²) >= 11 is 6.13. The van der Waals surface area contributed by atoms with Crippen LogP contribution in [0, 0.1) is 11.7 Å². The SMILES string of the molecule is CC(C)CN1C[C@@]2(CN(C(=O)CCCC(=O)O)C[C@@H]2c2ccc(F)cc2)N(c2ccc(Cl)cc2)C1=O. The first kappa shape index (κ1) is 25.9. The number of anilines is 1. The number of halogens is 2. The highest BCUT2D eigenvalue weighted by Crippen LogP contribution is 2.47. The number of aliphatic carboxylic acids is 1. The molecule has 3 amide bonds. The summed E-state index contributed by atoms with van der Waals surface area (Å²) < 4.78 is 13.8. The van der Waals surface area contributed by atoms with Crippen molar-refractivity contribution in [2.75, 3.05) is 31.1 Å². The Balaban J connectivity index is 1.76. The van der Waals surface area contributed by atoms with Crippen LogP contribution in [-0.4, -0.2) is 64.5 Å². The second kappa shape index (κ2) is 10.5. The minimum absolute atomic E-state index is 0.0797. The van der Waals surface area contributed by atoms with Crippen molar-refractivity contribution >= 4 is 35.2 Å². The van der Waals surface area contributed by atoms with Gasteiger partial charge in [-0.05, 0) is 54.3 Å². The van der Waals surface area contributed by atoms with E-state index < -0.39 is 11.5 Å². The highest BCUT2D eigenvalue weighted by Gasteiger charge is 2.60. The third-order valence-electron chi connectivity index (χ3n) is 6.96. The Kier molecular flexibility index (Phi) is 7.54. The molecule has 0 saturated carbocycles. The summed E-state index contributed by atoms with van der Waals surface area (Å²) in [7, 11) is 0. The quantitative estimate of drug-likeness (QED) is 0.536. The predicted octanol–water partition coefficient (Wildman–Crippen LogP) is 5.00. The molecule has 7 nitrogen and oxygen atoms in total. The predicted molar refractivity (Wildman–Crippen MR) is 136 cm³/mol. The highest BCUT2D eigenvalue weighted by molar-refractivity contribution is 6.30. The summed E-state index contributed by atoms with van der Waals surface area (Å²) in [6, 6.07) is 13.2. The van der Waals surface area contributed by atoms with Crippen LogP contribution in [0.4, 0.5) is 14.9 Å². The van der Waals surface area contributed by atoms with Gasteiger partial charge >= 0.3 is 12.0 Å². The zero-order valence-electron chi connectivity index (χ0n) is 20.5. The number of nitrogens with zero attached hydrogens (tertiary/aromatic N) is 3. The number of rotatable bonds is 8. The zero-order valence-corrected chi connectivity index (χ0v) is 21.2. The Labute approximate surface area is 215 Å². The number of benzene rings is 2. The normalized spacial score (nSPS) is 21.8. The van der Waals surface area contributed by atoms with Crippen molar-refractivity contribution in [3.8, 4) is 0 Å². The van der Waals surface area contributed by atoms with Gasteiger partial charge in [-0.25, -0.2) is 9.18 Å². The Morgan fingerprint density at radius 2 is 1.75 bits per heavy atom. The van der Waals surface area contributed by atoms with Gasteiger partial charge in [-0.3, -0.25) is 14.5 Å². The molecule has 2 fully saturated rings. The van der Waals surface area contributed by atoms with Crippen LogP contribution >= 0.6 is 11.6 Å². The van der Waals surface area contributed by atoms with E-state index in [1.165, 1.54) is 12.1 Å². The van der Waals surface area contributed by atoms with Crippen molar-refractivity contribution in [3.63, 3.8) is 0 Å². The maximum absolute atomic E-state index is 13.8. The second-order valence-corrected chi connectivity index (χ2v) is 10.5. The number of carboxylic acids is 1. The van der Waals surface area contributed by atoms with Gasteiger partial charge in [0.2, 0.25) is 5.91 Å². The largest absolute Gasteiger partial charge is 0.481 e. The zero-order chi connectivity index (χ0) is 26.0. The summed E-state index contributed by atoms with van der Waals surface area (Å²) in [5.41, 5.74) is 0.749. The molecule has 2 aliphatic rings. The Bertz CT molecular complexity index is 1120. The van der Waals surface area contributed by atoms with Gasteiger partial charge in [-0.15, -0.1) is 0 Å². The van der Waals surface area contributed by atoms with E-state index in [9.17, 15) is 18.8 Å². The van der Waals surface area contributed by atoms with Crippen LogP contribution in [0.15, 0.2) is 48.5 Å². The van der Waals surface area contributed by atoms with E-state index in [0.717, 1.165) is 5.56 Å². The van der Waals surface area contributed by atoms with E-state index in [2.05, 4.69) is 13.8 Å². The molecule has 0 unspecified atom stereocenters. The molecule has 2 aromatic rings. The smallest absolute Gasteiger partial charge is 0.325 e. The van der Waals surface area contributed by atoms with E-state index in [-0.39, 0.29) is 48.9 Å². The van der Waals surface area contributed by atoms with Crippen LogP contribution in [0.1, 0.15) is 44.6 Å². The number of hydrogen-bond acceptors (Lipinski definition) is 3. The monoisotopic (exact) mass is 515 g/mol. The van der Waals surface area contributed by atoms with Crippen molar-refractivity contribution in [2.24, 2.45) is 5.92 Å². The van der Waals surface area contributed by atoms with Gasteiger partial charge in [-0.1, -0.05) is 37.6 Å². The molecule has 0 bridgehead atoms. The summed E-state index contributed by atoms with van der Waals surface area (Å²) in [6.07, 6.45) is 0.283. The molecule has 192 valence electrons. The second-order valence-electron chi connectivity index (χ2n) is 10.1. The molecule has 2 aliphatic heterocycles. The fourth-order valence-electron chi connectivity index (χ4n) is 5.47. The van der Waals surface area contributed by atoms with Crippen molar-refractivity contribution in [1.82, 2.24) is 9.80 Å². The lowest BCUT2D eigenvalue weighted by atomic mass is 9.81. The van der Waals surface area contributed by atoms with E-state index >= 15 is 0 Å². The fourth-order valence-corrected chi connectivity index (χ4v) is 5.60. The van der Waals surface area contributed by atoms with Crippen molar-refractivity contribution in [3.05, 3.63) is 64.9 Å². The average molecular weight is 516 g/mol. The van der Waals surface area contributed by atoms with Gasteiger partial charge in [0.05, 0.1) is 5.54 Å². The molecule has 2 saturated heterocycles. The van der Waals surface area contributed by atoms with Gasteiger partial charge in [0.15, 0.2) is 0 Å². The van der Waals surface area contributed by atoms with E-state index in [1.807, 2.05) is 4.90 Å². The highest BCUT2D eigenvalue weighted by atomic mass is 35.5. The molecular weight excluding hydrogens is 485 g/mol. The topological polar surface area (TPSA) is 81.2 Å². The lowest BCUT2D eigenvalue weighted by Crippen LogP contribution is -2.53. The van der Waals surface area contributed by atoms with Gasteiger partial charge in [0.25, 0.3) is 0 Å². The van der Waals surface area contributed by atoms with E-state index in [4.69, 9.17) is 16.7 Å². The van der Waals surface area contributed by atoms with Gasteiger partial charge in [-0.2, -0.15) is 0 Å². The number of hydrogen-bond donors (Lipinski definition) is 1. The van der Waals surface area contributed by atoms with Crippen molar-refractivity contribution in [1.29, 1.82) is 0 Å². The average Bonchev–Trinajstić information content (AvgIpc) is 3.32. The van der Waals surface area contributed by atoms with Crippen LogP contribution in [0.5, 0.6) is 0 Å². The maximum Gasteiger partial charge on any atom is 0.325 e. The first-order valence-corrected chi connectivity index (χ1v) is 12.6. The number of urea groups is 1. The standard InChI is InChI=1S/C27H31ClFN3O4/c1-18(2)14-31-17-27(32(26(31)36)22-12-8-20(28)9-13-22)16-30(24(33)4-3-5-25(34)35)15-23(27)19-6-10-21(29)11-7-19/h6-13,18,23H,3-5,14-17H2,1-2H3,(H,34,35)/t23-,27-/m1/s1. The Morgan fingerprint density at radius 3 is 2.36 bits per heavy atom. The Hall–Kier alpha value is -3.13. The first-order valence-electron chi connectivity index (χ1n) is 12.2. The number of likely N-dealkylation sites (tertiary alicyclic amines) is 1. The minimum atomic E-state index is -0.940. The van der Waals surface area contributed by atoms with Crippen molar-refractivity contribution < 1.29 is 23.9 Å². The lowest BCUT2D eigenvalue weighted by molar-refractivity contribution is -0.137. The van der Waals surface area contributed by atoms with Crippen LogP contribution < -0.4 is 4.90 Å². The number of carboxylic acid groups (broad SMARTS) is 1. The first-order chi connectivity index (χ1) is 17.1. The Morgan fingerprint density at radius 1 is 1.08 bits per heavy atom. The minimum Gasteiger partial charge on any atom is -0.481 e. The third kappa shape index (κ3) is 5.19. The lowest BCUT2D eigenvalue weighted by Gasteiger charge is -2.38. The summed E-state index contributed by atoms with van der Waals surface area (Å²) in [4.78, 5) is 43.3. The van der Waals surface area contributed by atoms with Crippen molar-refractivity contribution in [2.45, 2.75) is 44.6 Å². The number of amides is 3. The molecule has 0 aromatic heterocycles. The van der Waals surface area contributed by atoms with Gasteiger partial charge in [0, 0.05) is 55.6 Å². The van der Waals surface area contributed by atoms with E-state index in [1.54, 1.807) is 46.2 Å². The van der Waals surface area contributed by atoms with Crippen LogP contribution in [-0.2, 0) is 9.59 Å². The molecule has 36 heavy (non-hydrogen) atoms. The van der Waals surface area contributed by atoms with Crippen LogP contribution in [0.2, 0.25) is 5.02 Å². The molecule has 2 atom stereocenters.